The van der Waals surface area contributed by atoms with E-state index in [9.17, 15) is 0 Å². The van der Waals surface area contributed by atoms with Crippen LogP contribution in [0.3, 0.4) is 0 Å². The zero-order valence-corrected chi connectivity index (χ0v) is 42.8. The lowest BCUT2D eigenvalue weighted by Gasteiger charge is -2.33. The number of hydrogen-bond acceptors (Lipinski definition) is 5. The molecule has 1 atom stereocenters. The molecule has 0 aliphatic heterocycles. The number of pyridine rings is 1. The summed E-state index contributed by atoms with van der Waals surface area (Å²) in [5.74, 6) is 1.54. The minimum atomic E-state index is -3.58. The average molecular weight is 1000 g/mol. The highest BCUT2D eigenvalue weighted by Crippen LogP contribution is 2.65. The van der Waals surface area contributed by atoms with Gasteiger partial charge in [-0.2, -0.15) is 0 Å². The first-order valence-corrected chi connectivity index (χ1v) is 28.1. The van der Waals surface area contributed by atoms with Gasteiger partial charge in [-0.1, -0.05) is 237 Å². The smallest absolute Gasteiger partial charge is 0.171 e. The van der Waals surface area contributed by atoms with E-state index in [1.165, 1.54) is 44.5 Å². The maximum absolute atomic E-state index is 16.8. The summed E-state index contributed by atoms with van der Waals surface area (Å²) in [7, 11) is -3.58. The van der Waals surface area contributed by atoms with Crippen molar-refractivity contribution in [1.82, 2.24) is 19.9 Å². The Kier molecular flexibility index (Phi) is 10.5. The van der Waals surface area contributed by atoms with Crippen molar-refractivity contribution in [2.45, 2.75) is 18.3 Å². The van der Waals surface area contributed by atoms with E-state index in [4.69, 9.17) is 19.9 Å². The largest absolute Gasteiger partial charge is 0.309 e. The van der Waals surface area contributed by atoms with Gasteiger partial charge >= 0.3 is 0 Å². The second-order valence-electron chi connectivity index (χ2n) is 20.2. The molecule has 0 radical (unpaired) electrons. The van der Waals surface area contributed by atoms with E-state index < -0.39 is 12.6 Å². The Hall–Kier alpha value is -9.41. The molecular formula is C71H47N4OP. The molecule has 12 aromatic rings. The number of nitrogens with zero attached hydrogens (tertiary/aromatic N) is 4. The Morgan fingerprint density at radius 1 is 0.390 bits per heavy atom. The van der Waals surface area contributed by atoms with Crippen LogP contribution in [0.2, 0.25) is 0 Å². The van der Waals surface area contributed by atoms with E-state index in [2.05, 4.69) is 158 Å². The summed E-state index contributed by atoms with van der Waals surface area (Å²) in [4.78, 5) is 21.4. The number of allylic oxidation sites excluding steroid dienone is 4. The molecule has 3 aliphatic carbocycles. The predicted molar refractivity (Wildman–Crippen MR) is 316 cm³/mol. The molecule has 0 saturated carbocycles. The van der Waals surface area contributed by atoms with Crippen LogP contribution in [0.1, 0.15) is 35.1 Å². The molecule has 1 spiro atoms. The standard InChI is InChI=1S/C71H47N4OP/c76-77(52-25-9-3-10-26-52,53-27-11-4-12-28-53)54-44-50(43-51(45-54)70-74-68(48-23-7-2-8-24-48)73-69(75-70)49-39-37-47(38-40-49)46-21-5-1-6-22-46)67-59-41-42-63-66(65(59)58-32-16-20-36-64(58)72-67)57-31-15-19-35-62(57)71(63)60-33-17-13-29-55(60)56-30-14-18-34-61(56)71/h1-17,19-33,35-45H,18,34H2. The third-order valence-corrected chi connectivity index (χ3v) is 19.1. The minimum absolute atomic E-state index is 0.443. The van der Waals surface area contributed by atoms with Crippen LogP contribution in [-0.2, 0) is 9.98 Å². The first-order valence-electron chi connectivity index (χ1n) is 26.4. The van der Waals surface area contributed by atoms with Gasteiger partial charge in [-0.05, 0) is 92.8 Å². The normalized spacial score (nSPS) is 15.2. The highest BCUT2D eigenvalue weighted by Gasteiger charge is 2.53. The van der Waals surface area contributed by atoms with Gasteiger partial charge in [0.05, 0.1) is 16.6 Å². The van der Waals surface area contributed by atoms with E-state index >= 15 is 4.57 Å². The van der Waals surface area contributed by atoms with E-state index in [1.54, 1.807) is 0 Å². The lowest BCUT2D eigenvalue weighted by molar-refractivity contribution is 0.592. The zero-order chi connectivity index (χ0) is 51.1. The summed E-state index contributed by atoms with van der Waals surface area (Å²) in [5, 5.41) is 5.36. The molecule has 6 heteroatoms. The first-order chi connectivity index (χ1) is 38.1. The fourth-order valence-electron chi connectivity index (χ4n) is 12.7. The fourth-order valence-corrected chi connectivity index (χ4v) is 15.5. The third-order valence-electron chi connectivity index (χ3n) is 16.1. The molecule has 362 valence electrons. The predicted octanol–water partition coefficient (Wildman–Crippen LogP) is 16.0. The van der Waals surface area contributed by atoms with Crippen molar-refractivity contribution in [2.75, 3.05) is 0 Å². The molecular weight excluding hydrogens is 956 g/mol. The van der Waals surface area contributed by atoms with Crippen LogP contribution >= 0.6 is 7.14 Å². The van der Waals surface area contributed by atoms with Crippen LogP contribution in [0.25, 0.3) is 94.9 Å². The molecule has 2 aromatic heterocycles. The number of hydrogen-bond donors (Lipinski definition) is 0. The summed E-state index contributed by atoms with van der Waals surface area (Å²) < 4.78 is 16.8. The van der Waals surface area contributed by atoms with Gasteiger partial charge in [0.15, 0.2) is 24.6 Å². The Morgan fingerprint density at radius 2 is 0.909 bits per heavy atom. The zero-order valence-electron chi connectivity index (χ0n) is 41.9. The van der Waals surface area contributed by atoms with Gasteiger partial charge in [0.2, 0.25) is 0 Å². The molecule has 15 rings (SSSR count). The number of fused-ring (bicyclic) bond motifs is 13. The monoisotopic (exact) mass is 1000 g/mol. The topological polar surface area (TPSA) is 68.6 Å². The summed E-state index contributed by atoms with van der Waals surface area (Å²) >= 11 is 0. The Bertz CT molecular complexity index is 4420. The Balaban J connectivity index is 1.02. The first kappa shape index (κ1) is 45.0. The van der Waals surface area contributed by atoms with Crippen LogP contribution < -0.4 is 15.9 Å². The summed E-state index contributed by atoms with van der Waals surface area (Å²) in [6.07, 6.45) is 6.68. The lowest BCUT2D eigenvalue weighted by Crippen LogP contribution is -2.27. The van der Waals surface area contributed by atoms with Crippen LogP contribution in [0.15, 0.2) is 266 Å². The average Bonchev–Trinajstić information content (AvgIpc) is 4.14. The van der Waals surface area contributed by atoms with Crippen LogP contribution in [0, 0.1) is 0 Å². The summed E-state index contributed by atoms with van der Waals surface area (Å²) in [6.45, 7) is 0. The molecule has 0 amide bonds. The molecule has 3 aliphatic rings. The molecule has 10 aromatic carbocycles. The van der Waals surface area contributed by atoms with E-state index in [1.807, 2.05) is 103 Å². The van der Waals surface area contributed by atoms with Gasteiger partial charge in [-0.3, -0.25) is 0 Å². The van der Waals surface area contributed by atoms with E-state index in [-0.39, 0.29) is 0 Å². The van der Waals surface area contributed by atoms with Gasteiger partial charge in [-0.25, -0.2) is 19.9 Å². The maximum atomic E-state index is 16.8. The Labute approximate surface area is 447 Å². The molecule has 0 fully saturated rings. The van der Waals surface area contributed by atoms with E-state index in [0.717, 1.165) is 78.6 Å². The SMILES string of the molecule is O=P(c1ccccc1)(c1ccccc1)c1cc(-c2nc(-c3ccccc3)nc(-c3ccc(-c4ccccc4)cc3)n2)cc(-c2nc3ccccc3c3c4c(ccc23)C2(C3=C(C=CCC3)c3ccccc32)c2ccccc2-4)c1. The number of para-hydroxylation sites is 1. The van der Waals surface area contributed by atoms with Gasteiger partial charge in [0.25, 0.3) is 0 Å². The molecule has 0 N–H and O–H groups in total. The fraction of sp³-hybridized carbons (Fsp3) is 0.0423. The van der Waals surface area contributed by atoms with Gasteiger partial charge < -0.3 is 4.57 Å². The van der Waals surface area contributed by atoms with Crippen molar-refractivity contribution < 1.29 is 4.57 Å². The summed E-state index contributed by atoms with van der Waals surface area (Å²) in [6, 6.07) is 86.3. The second kappa shape index (κ2) is 17.9. The van der Waals surface area contributed by atoms with E-state index in [0.29, 0.717) is 28.3 Å². The van der Waals surface area contributed by atoms with Crippen LogP contribution in [-0.4, -0.2) is 19.9 Å². The van der Waals surface area contributed by atoms with Gasteiger partial charge in [0, 0.05) is 54.3 Å². The van der Waals surface area contributed by atoms with Gasteiger partial charge in [0.1, 0.15) is 0 Å². The maximum Gasteiger partial charge on any atom is 0.171 e. The van der Waals surface area contributed by atoms with Crippen molar-refractivity contribution in [3.8, 4) is 67.7 Å². The molecule has 1 unspecified atom stereocenters. The Morgan fingerprint density at radius 3 is 1.60 bits per heavy atom. The third kappa shape index (κ3) is 6.97. The molecule has 0 saturated heterocycles. The highest BCUT2D eigenvalue weighted by molar-refractivity contribution is 7.85. The summed E-state index contributed by atoms with van der Waals surface area (Å²) in [5.41, 5.74) is 17.3. The van der Waals surface area contributed by atoms with Crippen LogP contribution in [0.4, 0.5) is 0 Å². The van der Waals surface area contributed by atoms with Crippen molar-refractivity contribution in [3.63, 3.8) is 0 Å². The van der Waals surface area contributed by atoms with Crippen molar-refractivity contribution in [2.24, 2.45) is 0 Å². The number of rotatable bonds is 8. The van der Waals surface area contributed by atoms with Gasteiger partial charge in [-0.15, -0.1) is 0 Å². The molecule has 0 bridgehead atoms. The number of aromatic nitrogens is 4. The molecule has 2 heterocycles. The minimum Gasteiger partial charge on any atom is -0.309 e. The van der Waals surface area contributed by atoms with Crippen molar-refractivity contribution >= 4 is 50.3 Å². The number of benzene rings is 10. The quantitative estimate of drug-likeness (QED) is 0.112. The highest BCUT2D eigenvalue weighted by atomic mass is 31.2. The lowest BCUT2D eigenvalue weighted by atomic mass is 9.68. The van der Waals surface area contributed by atoms with Crippen molar-refractivity contribution in [3.05, 3.63) is 289 Å². The van der Waals surface area contributed by atoms with Crippen molar-refractivity contribution in [1.29, 1.82) is 0 Å². The van der Waals surface area contributed by atoms with Crippen LogP contribution in [0.5, 0.6) is 0 Å². The molecule has 77 heavy (non-hydrogen) atoms. The molecule has 5 nitrogen and oxygen atoms in total. The second-order valence-corrected chi connectivity index (χ2v) is 23.0.